The fourth-order valence-electron chi connectivity index (χ4n) is 2.95. The highest BCUT2D eigenvalue weighted by atomic mass is 16.2. The third kappa shape index (κ3) is 3.22. The van der Waals surface area contributed by atoms with E-state index in [2.05, 4.69) is 20.8 Å². The summed E-state index contributed by atoms with van der Waals surface area (Å²) in [6, 6.07) is 0.0228. The van der Waals surface area contributed by atoms with Crippen LogP contribution in [0, 0.1) is 11.4 Å². The fraction of sp³-hybridized carbons (Fsp3) is 0.562. The van der Waals surface area contributed by atoms with Crippen molar-refractivity contribution in [2.75, 3.05) is 5.32 Å². The summed E-state index contributed by atoms with van der Waals surface area (Å²) < 4.78 is 1.72. The molecule has 8 heteroatoms. The summed E-state index contributed by atoms with van der Waals surface area (Å²) in [7, 11) is 0. The lowest BCUT2D eigenvalue weighted by Crippen LogP contribution is -2.39. The summed E-state index contributed by atoms with van der Waals surface area (Å²) in [5.74, 6) is 0.399. The van der Waals surface area contributed by atoms with Gasteiger partial charge in [0, 0.05) is 19.0 Å². The molecular formula is C16H22N6O2. The molecule has 3 N–H and O–H groups in total. The van der Waals surface area contributed by atoms with Crippen molar-refractivity contribution < 1.29 is 9.59 Å². The van der Waals surface area contributed by atoms with Crippen LogP contribution in [0.3, 0.4) is 0 Å². The predicted octanol–water partition coefficient (Wildman–Crippen LogP) is 2.23. The number of carbonyl (C=O) groups is 2. The zero-order valence-corrected chi connectivity index (χ0v) is 13.9. The summed E-state index contributed by atoms with van der Waals surface area (Å²) in [4.78, 5) is 24.6. The van der Waals surface area contributed by atoms with Gasteiger partial charge < -0.3 is 10.6 Å². The minimum Gasteiger partial charge on any atom is -0.349 e. The minimum atomic E-state index is -0.505. The summed E-state index contributed by atoms with van der Waals surface area (Å²) in [6.07, 6.45) is 5.56. The van der Waals surface area contributed by atoms with E-state index < -0.39 is 5.91 Å². The van der Waals surface area contributed by atoms with Gasteiger partial charge in [-0.15, -0.1) is 0 Å². The van der Waals surface area contributed by atoms with Crippen LogP contribution in [0.25, 0.3) is 0 Å². The van der Waals surface area contributed by atoms with Gasteiger partial charge in [0.25, 0.3) is 11.8 Å². The molecule has 128 valence electrons. The minimum absolute atomic E-state index is 0.00304. The zero-order chi connectivity index (χ0) is 17.3. The second-order valence-electron chi connectivity index (χ2n) is 6.44. The van der Waals surface area contributed by atoms with Crippen molar-refractivity contribution in [2.45, 2.75) is 52.1 Å². The van der Waals surface area contributed by atoms with Crippen LogP contribution in [-0.2, 0) is 17.8 Å². The van der Waals surface area contributed by atoms with E-state index in [-0.39, 0.29) is 17.6 Å². The fourth-order valence-corrected chi connectivity index (χ4v) is 2.95. The largest absolute Gasteiger partial charge is 0.349 e. The highest BCUT2D eigenvalue weighted by molar-refractivity contribution is 6.08. The molecule has 2 amide bonds. The first kappa shape index (κ1) is 16.4. The maximum atomic E-state index is 12.4. The molecule has 0 spiro atoms. The van der Waals surface area contributed by atoms with Crippen LogP contribution in [0.1, 0.15) is 49.2 Å². The van der Waals surface area contributed by atoms with Gasteiger partial charge in [0.2, 0.25) is 0 Å². The van der Waals surface area contributed by atoms with E-state index in [0.717, 1.165) is 12.3 Å². The molecule has 1 atom stereocenters. The Morgan fingerprint density at radius 2 is 2.29 bits per heavy atom. The molecule has 2 aliphatic rings. The maximum absolute atomic E-state index is 12.4. The summed E-state index contributed by atoms with van der Waals surface area (Å²) in [5.41, 5.74) is 8.21. The molecule has 0 bridgehead atoms. The molecule has 0 saturated heterocycles. The number of aryl methyl sites for hydroxylation is 1. The van der Waals surface area contributed by atoms with E-state index in [4.69, 9.17) is 5.53 Å². The number of carbonyl (C=O) groups excluding carboxylic acids is 2. The Hall–Kier alpha value is -2.51. The number of rotatable bonds is 6. The van der Waals surface area contributed by atoms with Crippen molar-refractivity contribution in [3.8, 4) is 0 Å². The average Bonchev–Trinajstić information content (AvgIpc) is 3.29. The molecule has 0 radical (unpaired) electrons. The molecule has 0 aromatic carbocycles. The molecule has 1 aromatic heterocycles. The van der Waals surface area contributed by atoms with Crippen molar-refractivity contribution in [1.29, 1.82) is 5.53 Å². The van der Waals surface area contributed by atoms with E-state index in [1.54, 1.807) is 11.6 Å². The van der Waals surface area contributed by atoms with E-state index in [1.807, 2.05) is 6.92 Å². The molecule has 24 heavy (non-hydrogen) atoms. The maximum Gasteiger partial charge on any atom is 0.276 e. The lowest BCUT2D eigenvalue weighted by Gasteiger charge is -2.19. The van der Waals surface area contributed by atoms with Gasteiger partial charge >= 0.3 is 0 Å². The van der Waals surface area contributed by atoms with Crippen molar-refractivity contribution in [1.82, 2.24) is 15.1 Å². The summed E-state index contributed by atoms with van der Waals surface area (Å²) in [6.45, 7) is 4.23. The first-order valence-corrected chi connectivity index (χ1v) is 8.29. The monoisotopic (exact) mass is 330 g/mol. The second-order valence-corrected chi connectivity index (χ2v) is 6.44. The van der Waals surface area contributed by atoms with E-state index in [9.17, 15) is 9.59 Å². The van der Waals surface area contributed by atoms with Gasteiger partial charge in [-0.25, -0.2) is 10.2 Å². The second kappa shape index (κ2) is 6.54. The smallest absolute Gasteiger partial charge is 0.276 e. The highest BCUT2D eigenvalue weighted by Gasteiger charge is 2.31. The van der Waals surface area contributed by atoms with Gasteiger partial charge in [0.1, 0.15) is 17.1 Å². The van der Waals surface area contributed by atoms with Gasteiger partial charge in [-0.3, -0.25) is 9.59 Å². The Morgan fingerprint density at radius 1 is 1.54 bits per heavy atom. The summed E-state index contributed by atoms with van der Waals surface area (Å²) in [5, 5.41) is 13.4. The molecule has 3 rings (SSSR count). The Labute approximate surface area is 140 Å². The van der Waals surface area contributed by atoms with Crippen LogP contribution >= 0.6 is 0 Å². The SMILES string of the molecule is C/C=C(\N=N)C(=O)Nc1c2c(nn1CCC1CC1)CC(C)NC2=O. The number of hydrogen-bond donors (Lipinski definition) is 3. The normalized spacial score (nSPS) is 20.3. The van der Waals surface area contributed by atoms with Crippen LogP contribution in [0.5, 0.6) is 0 Å². The van der Waals surface area contributed by atoms with Crippen LogP contribution in [-0.4, -0.2) is 27.6 Å². The summed E-state index contributed by atoms with van der Waals surface area (Å²) >= 11 is 0. The van der Waals surface area contributed by atoms with Crippen molar-refractivity contribution in [3.63, 3.8) is 0 Å². The van der Waals surface area contributed by atoms with Crippen LogP contribution in [0.2, 0.25) is 0 Å². The molecule has 1 aromatic rings. The topological polar surface area (TPSA) is 112 Å². The molecule has 2 heterocycles. The number of fused-ring (bicyclic) bond motifs is 1. The van der Waals surface area contributed by atoms with Crippen molar-refractivity contribution in [3.05, 3.63) is 23.0 Å². The first-order chi connectivity index (χ1) is 11.5. The van der Waals surface area contributed by atoms with E-state index >= 15 is 0 Å². The first-order valence-electron chi connectivity index (χ1n) is 8.29. The number of nitrogens with zero attached hydrogens (tertiary/aromatic N) is 3. The number of nitrogens with one attached hydrogen (secondary N) is 3. The Bertz CT molecular complexity index is 716. The van der Waals surface area contributed by atoms with Gasteiger partial charge in [0.05, 0.1) is 5.69 Å². The van der Waals surface area contributed by atoms with Gasteiger partial charge in [-0.2, -0.15) is 10.2 Å². The number of amides is 2. The van der Waals surface area contributed by atoms with Crippen molar-refractivity contribution >= 4 is 17.6 Å². The number of allylic oxidation sites excluding steroid dienone is 1. The number of aromatic nitrogens is 2. The Balaban J connectivity index is 1.92. The lowest BCUT2D eigenvalue weighted by atomic mass is 10.0. The average molecular weight is 330 g/mol. The lowest BCUT2D eigenvalue weighted by molar-refractivity contribution is -0.113. The molecule has 1 fully saturated rings. The van der Waals surface area contributed by atoms with Gasteiger partial charge in [-0.1, -0.05) is 18.9 Å². The number of anilines is 1. The molecule has 8 nitrogen and oxygen atoms in total. The van der Waals surface area contributed by atoms with Gasteiger partial charge in [-0.05, 0) is 26.2 Å². The molecule has 1 aliphatic carbocycles. The van der Waals surface area contributed by atoms with E-state index in [0.29, 0.717) is 30.0 Å². The van der Waals surface area contributed by atoms with Crippen LogP contribution in [0.4, 0.5) is 5.82 Å². The molecular weight excluding hydrogens is 308 g/mol. The Kier molecular flexibility index (Phi) is 4.46. The van der Waals surface area contributed by atoms with E-state index in [1.165, 1.54) is 18.9 Å². The third-order valence-corrected chi connectivity index (χ3v) is 4.43. The predicted molar refractivity (Wildman–Crippen MR) is 87.7 cm³/mol. The quantitative estimate of drug-likeness (QED) is 0.549. The molecule has 1 unspecified atom stereocenters. The molecule has 1 saturated carbocycles. The van der Waals surface area contributed by atoms with Crippen LogP contribution < -0.4 is 10.6 Å². The van der Waals surface area contributed by atoms with Crippen molar-refractivity contribution in [2.24, 2.45) is 11.0 Å². The Morgan fingerprint density at radius 3 is 2.92 bits per heavy atom. The third-order valence-electron chi connectivity index (χ3n) is 4.43. The number of hydrogen-bond acceptors (Lipinski definition) is 5. The van der Waals surface area contributed by atoms with Gasteiger partial charge in [0.15, 0.2) is 0 Å². The standard InChI is InChI=1S/C16H22N6O2/c1-3-11(20-17)15(23)19-14-13-12(8-9(2)18-16(13)24)21-22(14)7-6-10-4-5-10/h3,9-10,17H,4-8H2,1-2H3,(H,18,24)(H,19,23)/b11-3-,20-17?. The molecule has 1 aliphatic heterocycles. The zero-order valence-electron chi connectivity index (χ0n) is 13.9. The van der Waals surface area contributed by atoms with Crippen LogP contribution in [0.15, 0.2) is 16.9 Å². The highest BCUT2D eigenvalue weighted by Crippen LogP contribution is 2.34.